The number of carbonyl (C=O) groups is 1. The van der Waals surface area contributed by atoms with E-state index in [1.54, 1.807) is 0 Å². The van der Waals surface area contributed by atoms with Crippen molar-refractivity contribution in [3.8, 4) is 0 Å². The van der Waals surface area contributed by atoms with Crippen molar-refractivity contribution < 1.29 is 4.79 Å². The van der Waals surface area contributed by atoms with Crippen molar-refractivity contribution in [1.29, 1.82) is 0 Å². The number of nitrogens with two attached hydrogens (primary N) is 2. The maximum absolute atomic E-state index is 10.6. The van der Waals surface area contributed by atoms with Gasteiger partial charge in [-0.05, 0) is 71.5 Å². The minimum Gasteiger partial charge on any atom is -0.399 e. The van der Waals surface area contributed by atoms with Crippen LogP contribution in [0.1, 0.15) is 22.3 Å². The first-order valence-corrected chi connectivity index (χ1v) is 8.14. The highest BCUT2D eigenvalue weighted by Gasteiger charge is 2.04. The van der Waals surface area contributed by atoms with Gasteiger partial charge in [-0.3, -0.25) is 4.79 Å². The Morgan fingerprint density at radius 2 is 1.32 bits per heavy atom. The smallest absolute Gasteiger partial charge is 0.211 e. The largest absolute Gasteiger partial charge is 0.399 e. The molecule has 0 aromatic heterocycles. The molecule has 0 radical (unpaired) electrons. The van der Waals surface area contributed by atoms with Gasteiger partial charge in [0.15, 0.2) is 0 Å². The number of hydrogen-bond donors (Lipinski definition) is 3. The van der Waals surface area contributed by atoms with Gasteiger partial charge in [-0.2, -0.15) is 0 Å². The van der Waals surface area contributed by atoms with Crippen molar-refractivity contribution in [3.63, 3.8) is 0 Å². The van der Waals surface area contributed by atoms with Crippen LogP contribution < -0.4 is 16.8 Å². The van der Waals surface area contributed by atoms with Crippen LogP contribution in [-0.2, 0) is 17.6 Å². The molecule has 0 fully saturated rings. The van der Waals surface area contributed by atoms with Gasteiger partial charge in [0, 0.05) is 17.1 Å². The van der Waals surface area contributed by atoms with E-state index in [9.17, 15) is 4.79 Å². The van der Waals surface area contributed by atoms with Crippen LogP contribution in [0.4, 0.5) is 17.1 Å². The second-order valence-corrected chi connectivity index (χ2v) is 6.14. The van der Waals surface area contributed by atoms with Crippen molar-refractivity contribution in [2.75, 3.05) is 16.8 Å². The Balaban J connectivity index is 1.81. The number of nitrogens with one attached hydrogen (secondary N) is 1. The van der Waals surface area contributed by atoms with Gasteiger partial charge in [-0.25, -0.2) is 0 Å². The molecule has 4 nitrogen and oxygen atoms in total. The zero-order valence-corrected chi connectivity index (χ0v) is 13.9. The summed E-state index contributed by atoms with van der Waals surface area (Å²) in [7, 11) is 0. The Kier molecular flexibility index (Phi) is 5.00. The van der Waals surface area contributed by atoms with Crippen LogP contribution in [0.5, 0.6) is 0 Å². The number of rotatable bonds is 6. The summed E-state index contributed by atoms with van der Waals surface area (Å²) in [6, 6.07) is 21.8. The van der Waals surface area contributed by atoms with E-state index < -0.39 is 0 Å². The highest BCUT2D eigenvalue weighted by atomic mass is 16.1. The van der Waals surface area contributed by atoms with Gasteiger partial charge < -0.3 is 16.8 Å². The number of benzene rings is 3. The molecule has 5 N–H and O–H groups in total. The minimum atomic E-state index is 0.684. The third kappa shape index (κ3) is 4.61. The van der Waals surface area contributed by atoms with E-state index in [0.717, 1.165) is 52.2 Å². The highest BCUT2D eigenvalue weighted by molar-refractivity contribution is 5.71. The lowest BCUT2D eigenvalue weighted by Gasteiger charge is -2.09. The third-order valence-electron chi connectivity index (χ3n) is 4.00. The van der Waals surface area contributed by atoms with Crippen molar-refractivity contribution in [2.24, 2.45) is 0 Å². The fourth-order valence-corrected chi connectivity index (χ4v) is 3.01. The Morgan fingerprint density at radius 1 is 0.720 bits per heavy atom. The predicted octanol–water partition coefficient (Wildman–Crippen LogP) is 3.60. The van der Waals surface area contributed by atoms with Crippen molar-refractivity contribution in [1.82, 2.24) is 0 Å². The number of anilines is 3. The number of amides is 1. The van der Waals surface area contributed by atoms with Gasteiger partial charge in [-0.1, -0.05) is 30.3 Å². The van der Waals surface area contributed by atoms with Gasteiger partial charge in [-0.15, -0.1) is 0 Å². The second-order valence-electron chi connectivity index (χ2n) is 6.14. The van der Waals surface area contributed by atoms with Gasteiger partial charge in [0.1, 0.15) is 0 Å². The zero-order valence-electron chi connectivity index (χ0n) is 13.9. The predicted molar refractivity (Wildman–Crippen MR) is 103 cm³/mol. The molecule has 0 saturated carbocycles. The SMILES string of the molecule is Nc1cccc(Cc2cc(N)cc(Cc3cccc(NC=O)c3)c2)c1. The molecule has 0 saturated heterocycles. The summed E-state index contributed by atoms with van der Waals surface area (Å²) < 4.78 is 0. The number of nitrogen functional groups attached to an aromatic ring is 2. The summed E-state index contributed by atoms with van der Waals surface area (Å²) in [5.74, 6) is 0. The standard InChI is InChI=1S/C21H21N3O/c22-19-5-1-3-15(10-19)7-17-9-18(12-20(23)11-17)8-16-4-2-6-21(13-16)24-14-25/h1-6,9-14H,7-8,22-23H2,(H,24,25). The zero-order chi connectivity index (χ0) is 17.6. The quantitative estimate of drug-likeness (QED) is 0.477. The molecule has 0 aliphatic rings. The van der Waals surface area contributed by atoms with E-state index in [0.29, 0.717) is 6.41 Å². The van der Waals surface area contributed by atoms with E-state index in [1.807, 2.05) is 54.6 Å². The summed E-state index contributed by atoms with van der Waals surface area (Å²) >= 11 is 0. The molecule has 0 aliphatic carbocycles. The molecular formula is C21H21N3O. The van der Waals surface area contributed by atoms with Gasteiger partial charge >= 0.3 is 0 Å². The molecule has 126 valence electrons. The minimum absolute atomic E-state index is 0.684. The summed E-state index contributed by atoms with van der Waals surface area (Å²) in [4.78, 5) is 10.6. The van der Waals surface area contributed by atoms with Crippen LogP contribution in [0, 0.1) is 0 Å². The van der Waals surface area contributed by atoms with E-state index in [2.05, 4.69) is 17.4 Å². The second kappa shape index (κ2) is 7.53. The Hall–Kier alpha value is -3.27. The lowest BCUT2D eigenvalue weighted by molar-refractivity contribution is -0.105. The number of carbonyl (C=O) groups excluding carboxylic acids is 1. The monoisotopic (exact) mass is 331 g/mol. The average molecular weight is 331 g/mol. The molecule has 0 bridgehead atoms. The van der Waals surface area contributed by atoms with Gasteiger partial charge in [0.2, 0.25) is 6.41 Å². The van der Waals surface area contributed by atoms with Crippen LogP contribution in [0.15, 0.2) is 66.7 Å². The van der Waals surface area contributed by atoms with Crippen LogP contribution in [0.3, 0.4) is 0 Å². The van der Waals surface area contributed by atoms with Crippen molar-refractivity contribution >= 4 is 23.5 Å². The molecule has 3 rings (SSSR count). The lowest BCUT2D eigenvalue weighted by atomic mass is 9.98. The Morgan fingerprint density at radius 3 is 1.96 bits per heavy atom. The topological polar surface area (TPSA) is 81.1 Å². The maximum atomic E-state index is 10.6. The third-order valence-corrected chi connectivity index (χ3v) is 4.00. The maximum Gasteiger partial charge on any atom is 0.211 e. The van der Waals surface area contributed by atoms with Crippen LogP contribution in [0.2, 0.25) is 0 Å². The lowest BCUT2D eigenvalue weighted by Crippen LogP contribution is -1.98. The molecule has 0 atom stereocenters. The Labute approximate surface area is 147 Å². The summed E-state index contributed by atoms with van der Waals surface area (Å²) in [5, 5.41) is 2.68. The first-order valence-electron chi connectivity index (χ1n) is 8.14. The first kappa shape index (κ1) is 16.6. The summed E-state index contributed by atoms with van der Waals surface area (Å²) in [6.07, 6.45) is 2.22. The van der Waals surface area contributed by atoms with Gasteiger partial charge in [0.25, 0.3) is 0 Å². The molecule has 4 heteroatoms. The molecule has 3 aromatic rings. The van der Waals surface area contributed by atoms with E-state index in [4.69, 9.17) is 11.5 Å². The molecular weight excluding hydrogens is 310 g/mol. The molecule has 1 amide bonds. The molecule has 0 heterocycles. The molecule has 0 spiro atoms. The summed E-state index contributed by atoms with van der Waals surface area (Å²) in [5.41, 5.74) is 18.8. The van der Waals surface area contributed by atoms with E-state index in [-0.39, 0.29) is 0 Å². The van der Waals surface area contributed by atoms with Crippen molar-refractivity contribution in [2.45, 2.75) is 12.8 Å². The summed E-state index contributed by atoms with van der Waals surface area (Å²) in [6.45, 7) is 0. The molecule has 3 aromatic carbocycles. The van der Waals surface area contributed by atoms with E-state index in [1.165, 1.54) is 0 Å². The fourth-order valence-electron chi connectivity index (χ4n) is 3.01. The van der Waals surface area contributed by atoms with Crippen LogP contribution >= 0.6 is 0 Å². The Bertz CT molecular complexity index is 890. The number of hydrogen-bond acceptors (Lipinski definition) is 3. The normalized spacial score (nSPS) is 10.4. The average Bonchev–Trinajstić information content (AvgIpc) is 2.55. The molecule has 0 unspecified atom stereocenters. The highest BCUT2D eigenvalue weighted by Crippen LogP contribution is 2.20. The van der Waals surface area contributed by atoms with Crippen molar-refractivity contribution in [3.05, 3.63) is 89.0 Å². The molecule has 25 heavy (non-hydrogen) atoms. The fraction of sp³-hybridized carbons (Fsp3) is 0.0952. The van der Waals surface area contributed by atoms with E-state index >= 15 is 0 Å². The van der Waals surface area contributed by atoms with Gasteiger partial charge in [0.05, 0.1) is 0 Å². The van der Waals surface area contributed by atoms with Crippen LogP contribution in [-0.4, -0.2) is 6.41 Å². The van der Waals surface area contributed by atoms with Crippen LogP contribution in [0.25, 0.3) is 0 Å². The molecule has 0 aliphatic heterocycles. The first-order chi connectivity index (χ1) is 12.1.